The average molecular weight is 694 g/mol. The van der Waals surface area contributed by atoms with Gasteiger partial charge in [-0.15, -0.1) is 23.2 Å². The molecule has 0 radical (unpaired) electrons. The third kappa shape index (κ3) is 3.98. The maximum Gasteiger partial charge on any atom is 0.258 e. The number of carbonyl (C=O) groups excluding carboxylic acids is 4. The number of hydrogen-bond acceptors (Lipinski definition) is 6. The molecule has 43 heavy (non-hydrogen) atoms. The van der Waals surface area contributed by atoms with Crippen molar-refractivity contribution in [2.45, 2.75) is 54.8 Å². The van der Waals surface area contributed by atoms with Crippen LogP contribution in [0.1, 0.15) is 45.1 Å². The lowest BCUT2D eigenvalue weighted by Crippen LogP contribution is -2.60. The maximum atomic E-state index is 14.4. The number of alkyl halides is 2. The summed E-state index contributed by atoms with van der Waals surface area (Å²) in [5.41, 5.74) is -0.0287. The summed E-state index contributed by atoms with van der Waals surface area (Å²) in [6.07, 6.45) is 1.77. The molecule has 226 valence electrons. The van der Waals surface area contributed by atoms with Gasteiger partial charge in [-0.2, -0.15) is 0 Å². The highest BCUT2D eigenvalue weighted by atomic mass is 79.9. The zero-order valence-electron chi connectivity index (χ0n) is 23.7. The van der Waals surface area contributed by atoms with E-state index >= 15 is 0 Å². The molecule has 3 fully saturated rings. The number of benzene rings is 2. The molecule has 0 unspecified atom stereocenters. The van der Waals surface area contributed by atoms with Gasteiger partial charge >= 0.3 is 0 Å². The number of phenols is 1. The van der Waals surface area contributed by atoms with Crippen molar-refractivity contribution in [1.29, 1.82) is 0 Å². The number of allylic oxidation sites excluding steroid dienone is 2. The van der Waals surface area contributed by atoms with Crippen LogP contribution in [0.3, 0.4) is 0 Å². The SMILES string of the molecule is COc1cc(Br)cc([C@H]2C3=CC[C@@H]4C(=O)N(C(C)(C)C)C(=O)[C@@H]4[C@@H]3C[C@@]3(Cl)C(=O)N(c4ccc(F)cc4)C(=O)[C@@]23Cl)c1O. The van der Waals surface area contributed by atoms with E-state index in [1.54, 1.807) is 32.9 Å². The van der Waals surface area contributed by atoms with Crippen molar-refractivity contribution in [2.24, 2.45) is 17.8 Å². The number of phenolic OH excluding ortho intramolecular Hbond substituents is 1. The fourth-order valence-corrected chi connectivity index (χ4v) is 8.76. The minimum atomic E-state index is -2.17. The molecule has 0 aromatic heterocycles. The van der Waals surface area contributed by atoms with Gasteiger partial charge in [0.25, 0.3) is 11.8 Å². The number of amides is 4. The van der Waals surface area contributed by atoms with Gasteiger partial charge in [0.1, 0.15) is 5.82 Å². The molecule has 2 heterocycles. The Balaban J connectivity index is 1.60. The summed E-state index contributed by atoms with van der Waals surface area (Å²) in [5.74, 6) is -6.69. The average Bonchev–Trinajstić information content (AvgIpc) is 3.28. The molecule has 2 aromatic rings. The highest BCUT2D eigenvalue weighted by Gasteiger charge is 2.77. The van der Waals surface area contributed by atoms with E-state index in [0.717, 1.165) is 17.0 Å². The highest BCUT2D eigenvalue weighted by Crippen LogP contribution is 2.67. The van der Waals surface area contributed by atoms with Crippen LogP contribution in [0.25, 0.3) is 0 Å². The van der Waals surface area contributed by atoms with E-state index in [0.29, 0.717) is 10.0 Å². The van der Waals surface area contributed by atoms with Crippen LogP contribution < -0.4 is 9.64 Å². The van der Waals surface area contributed by atoms with Gasteiger partial charge in [-0.05, 0) is 75.9 Å². The van der Waals surface area contributed by atoms with Crippen molar-refractivity contribution in [1.82, 2.24) is 4.90 Å². The Morgan fingerprint density at radius 3 is 2.28 bits per heavy atom. The van der Waals surface area contributed by atoms with Gasteiger partial charge < -0.3 is 9.84 Å². The number of ether oxygens (including phenoxy) is 1. The van der Waals surface area contributed by atoms with E-state index in [9.17, 15) is 28.7 Å². The lowest BCUT2D eigenvalue weighted by Gasteiger charge is -2.50. The van der Waals surface area contributed by atoms with Crippen LogP contribution in [0.15, 0.2) is 52.5 Å². The highest BCUT2D eigenvalue weighted by molar-refractivity contribution is 9.10. The predicted octanol–water partition coefficient (Wildman–Crippen LogP) is 5.66. The van der Waals surface area contributed by atoms with E-state index in [-0.39, 0.29) is 47.4 Å². The Bertz CT molecular complexity index is 1640. The van der Waals surface area contributed by atoms with Crippen molar-refractivity contribution in [3.05, 3.63) is 63.9 Å². The van der Waals surface area contributed by atoms with Crippen LogP contribution in [-0.2, 0) is 19.2 Å². The summed E-state index contributed by atoms with van der Waals surface area (Å²) in [6.45, 7) is 5.32. The molecule has 2 aromatic carbocycles. The molecule has 2 aliphatic carbocycles. The molecule has 2 saturated heterocycles. The van der Waals surface area contributed by atoms with Crippen LogP contribution >= 0.6 is 39.1 Å². The molecule has 6 rings (SSSR count). The number of methoxy groups -OCH3 is 1. The van der Waals surface area contributed by atoms with Crippen molar-refractivity contribution < 1.29 is 33.4 Å². The topological polar surface area (TPSA) is 104 Å². The van der Waals surface area contributed by atoms with E-state index in [2.05, 4.69) is 15.9 Å². The number of hydrogen-bond donors (Lipinski definition) is 1. The van der Waals surface area contributed by atoms with E-state index in [4.69, 9.17) is 27.9 Å². The summed E-state index contributed by atoms with van der Waals surface area (Å²) < 4.78 is 19.7. The lowest BCUT2D eigenvalue weighted by molar-refractivity contribution is -0.145. The summed E-state index contributed by atoms with van der Waals surface area (Å²) >= 11 is 18.1. The Hall–Kier alpha value is -2.95. The van der Waals surface area contributed by atoms with Crippen molar-refractivity contribution in [3.63, 3.8) is 0 Å². The quantitative estimate of drug-likeness (QED) is 0.253. The standard InChI is InChI=1S/C31H28BrCl2FN2O6/c1-29(2,3)37-25(39)18-10-9-17-20(22(18)26(37)40)13-30(33)27(41)36(16-7-5-15(35)6-8-16)28(42)31(30,34)23(17)19-11-14(32)12-21(43-4)24(19)38/h5-9,11-12,18,20,22-23,38H,10,13H2,1-4H3/t18-,20+,22-,23+,30+,31-/m0/s1. The Morgan fingerprint density at radius 1 is 1.02 bits per heavy atom. The number of halogens is 4. The number of likely N-dealkylation sites (tertiary alicyclic amines) is 1. The second-order valence-corrected chi connectivity index (χ2v) is 14.6. The number of anilines is 1. The largest absolute Gasteiger partial charge is 0.504 e. The first-order chi connectivity index (χ1) is 20.1. The third-order valence-corrected chi connectivity index (χ3v) is 11.0. The minimum absolute atomic E-state index is 0.0708. The number of aromatic hydroxyl groups is 1. The lowest BCUT2D eigenvalue weighted by atomic mass is 9.56. The van der Waals surface area contributed by atoms with E-state index in [1.165, 1.54) is 30.2 Å². The maximum absolute atomic E-state index is 14.4. The van der Waals surface area contributed by atoms with Gasteiger partial charge in [0.15, 0.2) is 21.2 Å². The summed E-state index contributed by atoms with van der Waals surface area (Å²) in [4.78, 5) is 54.1. The molecule has 4 aliphatic rings. The van der Waals surface area contributed by atoms with Crippen molar-refractivity contribution >= 4 is 68.4 Å². The summed E-state index contributed by atoms with van der Waals surface area (Å²) in [7, 11) is 1.37. The van der Waals surface area contributed by atoms with E-state index < -0.39 is 56.6 Å². The minimum Gasteiger partial charge on any atom is -0.504 e. The number of carbonyl (C=O) groups is 4. The fourth-order valence-electron chi connectivity index (χ4n) is 7.38. The van der Waals surface area contributed by atoms with Gasteiger partial charge in [-0.25, -0.2) is 9.29 Å². The summed E-state index contributed by atoms with van der Waals surface area (Å²) in [6, 6.07) is 7.88. The van der Waals surface area contributed by atoms with Gasteiger partial charge in [0, 0.05) is 21.5 Å². The second-order valence-electron chi connectivity index (χ2n) is 12.5. The zero-order valence-corrected chi connectivity index (χ0v) is 26.8. The Kier molecular flexibility index (Phi) is 6.84. The molecule has 4 amide bonds. The first kappa shape index (κ1) is 30.1. The molecular formula is C31H28BrCl2FN2O6. The smallest absolute Gasteiger partial charge is 0.258 e. The molecule has 6 atom stereocenters. The molecule has 0 spiro atoms. The molecule has 2 aliphatic heterocycles. The molecular weight excluding hydrogens is 666 g/mol. The molecule has 1 N–H and O–H groups in total. The number of imide groups is 2. The summed E-state index contributed by atoms with van der Waals surface area (Å²) in [5, 5.41) is 11.4. The Morgan fingerprint density at radius 2 is 1.67 bits per heavy atom. The normalized spacial score (nSPS) is 32.0. The second kappa shape index (κ2) is 9.78. The van der Waals surface area contributed by atoms with Crippen LogP contribution in [0, 0.1) is 23.6 Å². The van der Waals surface area contributed by atoms with Crippen molar-refractivity contribution in [3.8, 4) is 11.5 Å². The fraction of sp³-hybridized carbons (Fsp3) is 0.419. The molecule has 12 heteroatoms. The molecule has 8 nitrogen and oxygen atoms in total. The Labute approximate surface area is 265 Å². The first-order valence-electron chi connectivity index (χ1n) is 13.7. The van der Waals surface area contributed by atoms with Crippen LogP contribution in [0.5, 0.6) is 11.5 Å². The van der Waals surface area contributed by atoms with E-state index in [1.807, 2.05) is 0 Å². The first-order valence-corrected chi connectivity index (χ1v) is 15.3. The van der Waals surface area contributed by atoms with Crippen molar-refractivity contribution in [2.75, 3.05) is 12.0 Å². The van der Waals surface area contributed by atoms with Crippen LogP contribution in [0.2, 0.25) is 0 Å². The number of fused-ring (bicyclic) bond motifs is 4. The van der Waals surface area contributed by atoms with Gasteiger partial charge in [0.05, 0.1) is 24.6 Å². The molecule has 1 saturated carbocycles. The predicted molar refractivity (Wildman–Crippen MR) is 161 cm³/mol. The monoisotopic (exact) mass is 692 g/mol. The molecule has 0 bridgehead atoms. The zero-order chi connectivity index (χ0) is 31.4. The van der Waals surface area contributed by atoms with Crippen LogP contribution in [0.4, 0.5) is 10.1 Å². The number of nitrogens with zero attached hydrogens (tertiary/aromatic N) is 2. The number of rotatable bonds is 3. The van der Waals surface area contributed by atoms with Gasteiger partial charge in [0.2, 0.25) is 11.8 Å². The van der Waals surface area contributed by atoms with Gasteiger partial charge in [-0.3, -0.25) is 24.1 Å². The van der Waals surface area contributed by atoms with Crippen LogP contribution in [-0.4, -0.2) is 56.0 Å². The van der Waals surface area contributed by atoms with Gasteiger partial charge in [-0.1, -0.05) is 27.6 Å². The third-order valence-electron chi connectivity index (χ3n) is 9.17.